The summed E-state index contributed by atoms with van der Waals surface area (Å²) in [5.41, 5.74) is 0. The first-order valence-electron chi connectivity index (χ1n) is 6.07. The summed E-state index contributed by atoms with van der Waals surface area (Å²) in [6, 6.07) is 0.178. The second-order valence-electron chi connectivity index (χ2n) is 4.69. The molecular formula is C12H21NO3. The highest BCUT2D eigenvalue weighted by atomic mass is 16.4. The van der Waals surface area contributed by atoms with Crippen molar-refractivity contribution in [1.29, 1.82) is 0 Å². The van der Waals surface area contributed by atoms with Crippen molar-refractivity contribution in [1.82, 2.24) is 5.32 Å². The van der Waals surface area contributed by atoms with Gasteiger partial charge in [0.05, 0.1) is 0 Å². The van der Waals surface area contributed by atoms with Crippen molar-refractivity contribution in [2.45, 2.75) is 52.0 Å². The maximum atomic E-state index is 11.5. The van der Waals surface area contributed by atoms with Gasteiger partial charge in [-0.05, 0) is 38.5 Å². The second kappa shape index (κ2) is 5.87. The summed E-state index contributed by atoms with van der Waals surface area (Å²) in [6.45, 7) is 3.62. The molecule has 0 heterocycles. The fraction of sp³-hybridized carbons (Fsp3) is 0.833. The van der Waals surface area contributed by atoms with Crippen LogP contribution in [0.4, 0.5) is 0 Å². The van der Waals surface area contributed by atoms with E-state index in [9.17, 15) is 9.59 Å². The Morgan fingerprint density at radius 3 is 2.31 bits per heavy atom. The molecular weight excluding hydrogens is 206 g/mol. The number of hydrogen-bond acceptors (Lipinski definition) is 2. The van der Waals surface area contributed by atoms with Crippen LogP contribution >= 0.6 is 0 Å². The van der Waals surface area contributed by atoms with Crippen LogP contribution in [-0.4, -0.2) is 23.0 Å². The predicted octanol–water partition coefficient (Wildman–Crippen LogP) is 1.79. The van der Waals surface area contributed by atoms with E-state index in [4.69, 9.17) is 5.11 Å². The van der Waals surface area contributed by atoms with Crippen molar-refractivity contribution in [2.75, 3.05) is 0 Å². The Kier molecular flexibility index (Phi) is 4.77. The van der Waals surface area contributed by atoms with Gasteiger partial charge in [-0.3, -0.25) is 9.59 Å². The molecule has 1 rings (SSSR count). The second-order valence-corrected chi connectivity index (χ2v) is 4.69. The van der Waals surface area contributed by atoms with Gasteiger partial charge in [0.25, 0.3) is 0 Å². The molecule has 0 aromatic rings. The van der Waals surface area contributed by atoms with Gasteiger partial charge < -0.3 is 10.4 Å². The quantitative estimate of drug-likeness (QED) is 0.719. The number of carboxylic acid groups (broad SMARTS) is 1. The molecule has 0 aromatic carbocycles. The molecule has 1 atom stereocenters. The molecule has 0 spiro atoms. The zero-order chi connectivity index (χ0) is 12.1. The molecule has 4 nitrogen and oxygen atoms in total. The van der Waals surface area contributed by atoms with Gasteiger partial charge in [0.2, 0.25) is 5.91 Å². The van der Waals surface area contributed by atoms with Crippen molar-refractivity contribution in [3.8, 4) is 0 Å². The lowest BCUT2D eigenvalue weighted by atomic mass is 9.84. The average Bonchev–Trinajstić information content (AvgIpc) is 2.28. The zero-order valence-corrected chi connectivity index (χ0v) is 10.0. The van der Waals surface area contributed by atoms with E-state index in [-0.39, 0.29) is 11.9 Å². The molecule has 92 valence electrons. The number of carbonyl (C=O) groups excluding carboxylic acids is 1. The molecule has 16 heavy (non-hydrogen) atoms. The first-order chi connectivity index (χ1) is 7.54. The third-order valence-electron chi connectivity index (χ3n) is 3.53. The molecule has 2 N–H and O–H groups in total. The van der Waals surface area contributed by atoms with E-state index >= 15 is 0 Å². The lowest BCUT2D eigenvalue weighted by molar-refractivity contribution is -0.146. The maximum absolute atomic E-state index is 11.5. The van der Waals surface area contributed by atoms with E-state index < -0.39 is 11.9 Å². The fourth-order valence-electron chi connectivity index (χ4n) is 2.15. The van der Waals surface area contributed by atoms with Gasteiger partial charge in [-0.1, -0.05) is 13.3 Å². The van der Waals surface area contributed by atoms with E-state index in [1.165, 1.54) is 13.3 Å². The minimum absolute atomic E-state index is 0.178. The van der Waals surface area contributed by atoms with Crippen molar-refractivity contribution in [3.63, 3.8) is 0 Å². The Morgan fingerprint density at radius 2 is 1.88 bits per heavy atom. The van der Waals surface area contributed by atoms with Crippen LogP contribution in [-0.2, 0) is 9.59 Å². The van der Waals surface area contributed by atoms with Crippen LogP contribution in [0.5, 0.6) is 0 Å². The summed E-state index contributed by atoms with van der Waals surface area (Å²) >= 11 is 0. The maximum Gasteiger partial charge on any atom is 0.315 e. The fourth-order valence-corrected chi connectivity index (χ4v) is 2.15. The molecule has 0 radical (unpaired) electrons. The van der Waals surface area contributed by atoms with E-state index in [1.807, 2.05) is 0 Å². The number of nitrogens with one attached hydrogen (secondary N) is 1. The van der Waals surface area contributed by atoms with Crippen LogP contribution in [0.1, 0.15) is 46.0 Å². The number of carbonyl (C=O) groups is 2. The molecule has 0 saturated heterocycles. The summed E-state index contributed by atoms with van der Waals surface area (Å²) in [5, 5.41) is 11.5. The normalized spacial score (nSPS) is 27.1. The highest BCUT2D eigenvalue weighted by molar-refractivity contribution is 5.96. The summed E-state index contributed by atoms with van der Waals surface area (Å²) in [7, 11) is 0. The Morgan fingerprint density at radius 1 is 1.31 bits per heavy atom. The van der Waals surface area contributed by atoms with Crippen LogP contribution in [0, 0.1) is 11.8 Å². The number of aliphatic carboxylic acids is 1. The highest BCUT2D eigenvalue weighted by Crippen LogP contribution is 2.26. The number of carboxylic acids is 1. The molecule has 4 heteroatoms. The van der Waals surface area contributed by atoms with E-state index in [0.717, 1.165) is 31.6 Å². The van der Waals surface area contributed by atoms with Crippen LogP contribution in [0.25, 0.3) is 0 Å². The molecule has 1 unspecified atom stereocenters. The monoisotopic (exact) mass is 227 g/mol. The largest absolute Gasteiger partial charge is 0.481 e. The van der Waals surface area contributed by atoms with E-state index in [1.54, 1.807) is 0 Å². The molecule has 1 saturated carbocycles. The van der Waals surface area contributed by atoms with Gasteiger partial charge in [-0.25, -0.2) is 0 Å². The van der Waals surface area contributed by atoms with Crippen molar-refractivity contribution >= 4 is 11.9 Å². The third-order valence-corrected chi connectivity index (χ3v) is 3.53. The summed E-state index contributed by atoms with van der Waals surface area (Å²) in [6.07, 6.45) is 5.45. The van der Waals surface area contributed by atoms with Crippen molar-refractivity contribution in [3.05, 3.63) is 0 Å². The molecule has 0 bridgehead atoms. The smallest absolute Gasteiger partial charge is 0.315 e. The molecule has 1 amide bonds. The standard InChI is InChI=1S/C12H21NO3/c1-3-9-4-6-10(7-5-9)13-11(14)8(2)12(15)16/h8-10H,3-7H2,1-2H3,(H,13,14)(H,15,16). The highest BCUT2D eigenvalue weighted by Gasteiger charge is 2.25. The summed E-state index contributed by atoms with van der Waals surface area (Å²) in [4.78, 5) is 22.1. The van der Waals surface area contributed by atoms with Gasteiger partial charge in [0, 0.05) is 6.04 Å². The Hall–Kier alpha value is -1.06. The Labute approximate surface area is 96.4 Å². The molecule has 1 aliphatic rings. The zero-order valence-electron chi connectivity index (χ0n) is 10.0. The first-order valence-corrected chi connectivity index (χ1v) is 6.07. The predicted molar refractivity (Wildman–Crippen MR) is 61.0 cm³/mol. The molecule has 1 aliphatic carbocycles. The molecule has 1 fully saturated rings. The number of amides is 1. The minimum Gasteiger partial charge on any atom is -0.481 e. The minimum atomic E-state index is -1.06. The molecule has 0 aromatic heterocycles. The van der Waals surface area contributed by atoms with Gasteiger partial charge in [0.1, 0.15) is 5.92 Å². The SMILES string of the molecule is CCC1CCC(NC(=O)C(C)C(=O)O)CC1. The van der Waals surface area contributed by atoms with Gasteiger partial charge >= 0.3 is 5.97 Å². The lowest BCUT2D eigenvalue weighted by Gasteiger charge is -2.28. The van der Waals surface area contributed by atoms with Crippen LogP contribution in [0.3, 0.4) is 0 Å². The van der Waals surface area contributed by atoms with Gasteiger partial charge in [0.15, 0.2) is 0 Å². The average molecular weight is 227 g/mol. The third kappa shape index (κ3) is 3.51. The van der Waals surface area contributed by atoms with Gasteiger partial charge in [-0.15, -0.1) is 0 Å². The molecule has 0 aliphatic heterocycles. The van der Waals surface area contributed by atoms with E-state index in [0.29, 0.717) is 0 Å². The lowest BCUT2D eigenvalue weighted by Crippen LogP contribution is -2.42. The van der Waals surface area contributed by atoms with Crippen LogP contribution < -0.4 is 5.32 Å². The summed E-state index contributed by atoms with van der Waals surface area (Å²) in [5.74, 6) is -1.57. The first kappa shape index (κ1) is 13.0. The van der Waals surface area contributed by atoms with Crippen molar-refractivity contribution in [2.24, 2.45) is 11.8 Å². The van der Waals surface area contributed by atoms with E-state index in [2.05, 4.69) is 12.2 Å². The van der Waals surface area contributed by atoms with Crippen LogP contribution in [0.15, 0.2) is 0 Å². The van der Waals surface area contributed by atoms with Gasteiger partial charge in [-0.2, -0.15) is 0 Å². The number of hydrogen-bond donors (Lipinski definition) is 2. The topological polar surface area (TPSA) is 66.4 Å². The summed E-state index contributed by atoms with van der Waals surface area (Å²) < 4.78 is 0. The van der Waals surface area contributed by atoms with Crippen LogP contribution in [0.2, 0.25) is 0 Å². The van der Waals surface area contributed by atoms with Crippen molar-refractivity contribution < 1.29 is 14.7 Å². The Balaban J connectivity index is 2.33. The number of rotatable bonds is 4. The Bertz CT molecular complexity index is 257.